The van der Waals surface area contributed by atoms with E-state index in [1.165, 1.54) is 0 Å². The summed E-state index contributed by atoms with van der Waals surface area (Å²) in [5.41, 5.74) is 1.50. The minimum absolute atomic E-state index is 0.217. The van der Waals surface area contributed by atoms with Gasteiger partial charge in [-0.1, -0.05) is 18.2 Å². The Morgan fingerprint density at radius 2 is 1.95 bits per heavy atom. The second kappa shape index (κ2) is 5.58. The topological polar surface area (TPSA) is 60.8 Å². The Labute approximate surface area is 121 Å². The summed E-state index contributed by atoms with van der Waals surface area (Å²) < 4.78 is 10.5. The van der Waals surface area contributed by atoms with Crippen molar-refractivity contribution in [3.8, 4) is 5.75 Å². The Hall–Kier alpha value is -2.95. The number of hydrogen-bond acceptors (Lipinski definition) is 5. The van der Waals surface area contributed by atoms with E-state index in [0.717, 1.165) is 0 Å². The van der Waals surface area contributed by atoms with Crippen LogP contribution in [0.4, 0.5) is 0 Å². The van der Waals surface area contributed by atoms with Crippen LogP contribution in [0.15, 0.2) is 59.4 Å². The maximum absolute atomic E-state index is 11.9. The lowest BCUT2D eigenvalue weighted by atomic mass is 10.2. The Morgan fingerprint density at radius 1 is 1.14 bits per heavy atom. The molecule has 1 aromatic heterocycles. The first-order chi connectivity index (χ1) is 10.3. The normalized spacial score (nSPS) is 15.8. The van der Waals surface area contributed by atoms with Gasteiger partial charge in [-0.25, -0.2) is 9.79 Å². The van der Waals surface area contributed by atoms with Gasteiger partial charge in [0.2, 0.25) is 5.90 Å². The molecule has 0 saturated heterocycles. The first kappa shape index (κ1) is 13.1. The van der Waals surface area contributed by atoms with Gasteiger partial charge in [-0.3, -0.25) is 4.98 Å². The van der Waals surface area contributed by atoms with Gasteiger partial charge in [-0.2, -0.15) is 0 Å². The van der Waals surface area contributed by atoms with Crippen LogP contribution < -0.4 is 4.74 Å². The average molecular weight is 280 g/mol. The molecule has 0 N–H and O–H groups in total. The third-order valence-electron chi connectivity index (χ3n) is 2.93. The van der Waals surface area contributed by atoms with Crippen molar-refractivity contribution in [2.45, 2.75) is 0 Å². The molecule has 5 nitrogen and oxygen atoms in total. The third-order valence-corrected chi connectivity index (χ3v) is 2.93. The molecule has 0 saturated carbocycles. The van der Waals surface area contributed by atoms with E-state index in [9.17, 15) is 4.79 Å². The van der Waals surface area contributed by atoms with Crippen LogP contribution in [0.25, 0.3) is 6.08 Å². The molecular formula is C16H12N2O3. The molecule has 104 valence electrons. The van der Waals surface area contributed by atoms with Gasteiger partial charge in [0.25, 0.3) is 0 Å². The van der Waals surface area contributed by atoms with Crippen molar-refractivity contribution in [1.29, 1.82) is 0 Å². The first-order valence-corrected chi connectivity index (χ1v) is 6.35. The van der Waals surface area contributed by atoms with E-state index < -0.39 is 5.97 Å². The van der Waals surface area contributed by atoms with Crippen molar-refractivity contribution in [2.24, 2.45) is 4.99 Å². The maximum atomic E-state index is 11.9. The van der Waals surface area contributed by atoms with Crippen molar-refractivity contribution in [1.82, 2.24) is 4.98 Å². The number of aromatic nitrogens is 1. The molecule has 2 aromatic rings. The molecule has 0 fully saturated rings. The minimum atomic E-state index is -0.499. The largest absolute Gasteiger partial charge is 0.496 e. The molecule has 5 heteroatoms. The van der Waals surface area contributed by atoms with E-state index in [-0.39, 0.29) is 11.6 Å². The summed E-state index contributed by atoms with van der Waals surface area (Å²) in [5, 5.41) is 0. The number of pyridine rings is 1. The number of methoxy groups -OCH3 is 1. The van der Waals surface area contributed by atoms with Crippen LogP contribution in [0, 0.1) is 0 Å². The summed E-state index contributed by atoms with van der Waals surface area (Å²) in [6.07, 6.45) is 3.24. The van der Waals surface area contributed by atoms with Gasteiger partial charge in [0.15, 0.2) is 5.70 Å². The van der Waals surface area contributed by atoms with E-state index in [1.807, 2.05) is 18.2 Å². The molecule has 0 radical (unpaired) electrons. The van der Waals surface area contributed by atoms with Crippen LogP contribution in [0.3, 0.4) is 0 Å². The number of carbonyl (C=O) groups is 1. The van der Waals surface area contributed by atoms with Gasteiger partial charge >= 0.3 is 5.97 Å². The second-order valence-electron chi connectivity index (χ2n) is 4.29. The highest BCUT2D eigenvalue weighted by Gasteiger charge is 2.26. The molecule has 0 aliphatic carbocycles. The SMILES string of the molecule is COc1ccccc1C1=N/C(=C/c2ccccn2)C(=O)O1. The number of nitrogens with zero attached hydrogens (tertiary/aromatic N) is 2. The molecule has 0 unspecified atom stereocenters. The molecule has 1 aliphatic heterocycles. The highest BCUT2D eigenvalue weighted by atomic mass is 16.6. The number of esters is 1. The van der Waals surface area contributed by atoms with Crippen LogP contribution in [0.1, 0.15) is 11.3 Å². The predicted octanol–water partition coefficient (Wildman–Crippen LogP) is 2.43. The van der Waals surface area contributed by atoms with Crippen LogP contribution >= 0.6 is 0 Å². The van der Waals surface area contributed by atoms with Crippen molar-refractivity contribution in [3.63, 3.8) is 0 Å². The zero-order chi connectivity index (χ0) is 14.7. The van der Waals surface area contributed by atoms with E-state index in [2.05, 4.69) is 9.98 Å². The lowest BCUT2D eigenvalue weighted by molar-refractivity contribution is -0.129. The van der Waals surface area contributed by atoms with Crippen molar-refractivity contribution in [2.75, 3.05) is 7.11 Å². The highest BCUT2D eigenvalue weighted by Crippen LogP contribution is 2.24. The van der Waals surface area contributed by atoms with Crippen LogP contribution in [-0.4, -0.2) is 24.0 Å². The van der Waals surface area contributed by atoms with Gasteiger partial charge < -0.3 is 9.47 Å². The summed E-state index contributed by atoms with van der Waals surface area (Å²) in [4.78, 5) is 20.2. The van der Waals surface area contributed by atoms with E-state index in [4.69, 9.17) is 9.47 Å². The number of para-hydroxylation sites is 1. The summed E-state index contributed by atoms with van der Waals surface area (Å²) in [6, 6.07) is 12.7. The maximum Gasteiger partial charge on any atom is 0.363 e. The summed E-state index contributed by atoms with van der Waals surface area (Å²) in [7, 11) is 1.56. The smallest absolute Gasteiger partial charge is 0.363 e. The molecule has 3 rings (SSSR count). The predicted molar refractivity (Wildman–Crippen MR) is 77.8 cm³/mol. The molecule has 21 heavy (non-hydrogen) atoms. The van der Waals surface area contributed by atoms with Crippen LogP contribution in [-0.2, 0) is 9.53 Å². The van der Waals surface area contributed by atoms with Gasteiger partial charge in [0, 0.05) is 6.20 Å². The van der Waals surface area contributed by atoms with E-state index in [0.29, 0.717) is 17.0 Å². The Balaban J connectivity index is 1.98. The fourth-order valence-electron chi connectivity index (χ4n) is 1.95. The minimum Gasteiger partial charge on any atom is -0.496 e. The number of aliphatic imine (C=N–C) groups is 1. The lowest BCUT2D eigenvalue weighted by Gasteiger charge is -2.05. The summed E-state index contributed by atoms with van der Waals surface area (Å²) in [5.74, 6) is 0.337. The van der Waals surface area contributed by atoms with Gasteiger partial charge in [0.05, 0.1) is 18.4 Å². The van der Waals surface area contributed by atoms with Gasteiger partial charge in [-0.15, -0.1) is 0 Å². The number of cyclic esters (lactones) is 1. The second-order valence-corrected chi connectivity index (χ2v) is 4.29. The van der Waals surface area contributed by atoms with Gasteiger partial charge in [0.1, 0.15) is 5.75 Å². The van der Waals surface area contributed by atoms with E-state index >= 15 is 0 Å². The number of carbonyl (C=O) groups excluding carboxylic acids is 1. The van der Waals surface area contributed by atoms with Gasteiger partial charge in [-0.05, 0) is 30.3 Å². The zero-order valence-corrected chi connectivity index (χ0v) is 11.3. The van der Waals surface area contributed by atoms with Crippen molar-refractivity contribution >= 4 is 17.9 Å². The standard InChI is InChI=1S/C16H12N2O3/c1-20-14-8-3-2-7-12(14)15-18-13(16(19)21-15)10-11-6-4-5-9-17-11/h2-10H,1H3/b13-10+. The Kier molecular flexibility index (Phi) is 3.47. The molecular weight excluding hydrogens is 268 g/mol. The first-order valence-electron chi connectivity index (χ1n) is 6.35. The molecule has 1 aliphatic rings. The average Bonchev–Trinajstić information content (AvgIpc) is 2.89. The quantitative estimate of drug-likeness (QED) is 0.640. The molecule has 2 heterocycles. The monoisotopic (exact) mass is 280 g/mol. The summed E-state index contributed by atoms with van der Waals surface area (Å²) >= 11 is 0. The highest BCUT2D eigenvalue weighted by molar-refractivity contribution is 6.13. The molecule has 0 atom stereocenters. The molecule has 1 aromatic carbocycles. The fourth-order valence-corrected chi connectivity index (χ4v) is 1.95. The molecule has 0 bridgehead atoms. The lowest BCUT2D eigenvalue weighted by Crippen LogP contribution is -2.06. The van der Waals surface area contributed by atoms with Crippen molar-refractivity contribution in [3.05, 3.63) is 65.6 Å². The molecule has 0 amide bonds. The number of rotatable bonds is 3. The number of ether oxygens (including phenoxy) is 2. The number of benzene rings is 1. The van der Waals surface area contributed by atoms with E-state index in [1.54, 1.807) is 43.6 Å². The fraction of sp³-hybridized carbons (Fsp3) is 0.0625. The van der Waals surface area contributed by atoms with Crippen LogP contribution in [0.5, 0.6) is 5.75 Å². The number of hydrogen-bond donors (Lipinski definition) is 0. The zero-order valence-electron chi connectivity index (χ0n) is 11.3. The summed E-state index contributed by atoms with van der Waals surface area (Å²) in [6.45, 7) is 0. The molecule has 0 spiro atoms. The van der Waals surface area contributed by atoms with Crippen LogP contribution in [0.2, 0.25) is 0 Å². The Morgan fingerprint density at radius 3 is 2.71 bits per heavy atom. The Bertz CT molecular complexity index is 736. The third kappa shape index (κ3) is 2.67. The van der Waals surface area contributed by atoms with Crippen molar-refractivity contribution < 1.29 is 14.3 Å².